The number of likely N-dealkylation sites (tertiary alicyclic amines) is 1. The number of rotatable bonds is 2. The number of piperidine rings is 1. The molecule has 25 heavy (non-hydrogen) atoms. The van der Waals surface area contributed by atoms with Gasteiger partial charge in [0.1, 0.15) is 0 Å². The second-order valence-electron chi connectivity index (χ2n) is 7.33. The number of hydrogen-bond acceptors (Lipinski definition) is 5. The molecule has 0 aliphatic carbocycles. The summed E-state index contributed by atoms with van der Waals surface area (Å²) >= 11 is 5.60. The number of nitrogens with zero attached hydrogens (tertiary/aromatic N) is 5. The fraction of sp³-hybridized carbons (Fsp3) is 0.722. The van der Waals surface area contributed by atoms with E-state index in [4.69, 9.17) is 12.2 Å². The van der Waals surface area contributed by atoms with Gasteiger partial charge in [-0.25, -0.2) is 0 Å². The molecule has 6 nitrogen and oxygen atoms in total. The lowest BCUT2D eigenvalue weighted by molar-refractivity contribution is 0.232. The SMILES string of the molecule is CC(C)N1CCCN(C(=S)N/N=C2/CCN(C)C3CC=CN=C23)CC1. The van der Waals surface area contributed by atoms with Crippen molar-refractivity contribution in [3.8, 4) is 0 Å². The molecule has 3 aliphatic heterocycles. The van der Waals surface area contributed by atoms with Gasteiger partial charge in [0.15, 0.2) is 5.11 Å². The molecule has 3 heterocycles. The fourth-order valence-corrected chi connectivity index (χ4v) is 3.93. The minimum absolute atomic E-state index is 0.352. The largest absolute Gasteiger partial charge is 0.347 e. The first-order valence-corrected chi connectivity index (χ1v) is 9.76. The quantitative estimate of drug-likeness (QED) is 0.598. The smallest absolute Gasteiger partial charge is 0.189 e. The van der Waals surface area contributed by atoms with Crippen LogP contribution in [-0.4, -0.2) is 83.1 Å². The second-order valence-corrected chi connectivity index (χ2v) is 7.71. The average molecular weight is 363 g/mol. The summed E-state index contributed by atoms with van der Waals surface area (Å²) in [4.78, 5) is 11.7. The van der Waals surface area contributed by atoms with E-state index in [1.807, 2.05) is 6.20 Å². The van der Waals surface area contributed by atoms with E-state index in [2.05, 4.69) is 57.2 Å². The Morgan fingerprint density at radius 1 is 1.28 bits per heavy atom. The number of nitrogens with one attached hydrogen (secondary N) is 1. The molecule has 1 atom stereocenters. The topological polar surface area (TPSA) is 46.5 Å². The molecule has 2 fully saturated rings. The highest BCUT2D eigenvalue weighted by molar-refractivity contribution is 7.80. The highest BCUT2D eigenvalue weighted by Gasteiger charge is 2.30. The maximum absolute atomic E-state index is 5.60. The van der Waals surface area contributed by atoms with Crippen LogP contribution in [0.5, 0.6) is 0 Å². The van der Waals surface area contributed by atoms with Crippen LogP contribution in [0, 0.1) is 0 Å². The van der Waals surface area contributed by atoms with E-state index < -0.39 is 0 Å². The molecule has 0 amide bonds. The molecule has 0 radical (unpaired) electrons. The maximum atomic E-state index is 5.60. The molecule has 0 bridgehead atoms. The summed E-state index contributed by atoms with van der Waals surface area (Å²) in [6.07, 6.45) is 7.09. The molecule has 0 aromatic heterocycles. The van der Waals surface area contributed by atoms with E-state index in [0.29, 0.717) is 12.1 Å². The lowest BCUT2D eigenvalue weighted by Gasteiger charge is -2.35. The predicted octanol–water partition coefficient (Wildman–Crippen LogP) is 1.70. The van der Waals surface area contributed by atoms with Crippen molar-refractivity contribution in [2.24, 2.45) is 10.1 Å². The third kappa shape index (κ3) is 4.46. The number of hydrogen-bond donors (Lipinski definition) is 1. The van der Waals surface area contributed by atoms with Gasteiger partial charge >= 0.3 is 0 Å². The van der Waals surface area contributed by atoms with Crippen LogP contribution in [0.3, 0.4) is 0 Å². The molecule has 0 aromatic carbocycles. The van der Waals surface area contributed by atoms with E-state index in [9.17, 15) is 0 Å². The van der Waals surface area contributed by atoms with Crippen LogP contribution >= 0.6 is 12.2 Å². The van der Waals surface area contributed by atoms with Gasteiger partial charge in [0, 0.05) is 51.4 Å². The summed E-state index contributed by atoms with van der Waals surface area (Å²) in [5.41, 5.74) is 5.29. The highest BCUT2D eigenvalue weighted by atomic mass is 32.1. The Morgan fingerprint density at radius 3 is 2.92 bits per heavy atom. The minimum atomic E-state index is 0.352. The van der Waals surface area contributed by atoms with Crippen LogP contribution < -0.4 is 5.43 Å². The Hall–Kier alpha value is -1.31. The van der Waals surface area contributed by atoms with Gasteiger partial charge in [-0.15, -0.1) is 0 Å². The van der Waals surface area contributed by atoms with Crippen molar-refractivity contribution in [3.63, 3.8) is 0 Å². The van der Waals surface area contributed by atoms with Gasteiger partial charge in [-0.1, -0.05) is 6.08 Å². The lowest BCUT2D eigenvalue weighted by Crippen LogP contribution is -2.49. The molecule has 3 rings (SSSR count). The summed E-state index contributed by atoms with van der Waals surface area (Å²) in [7, 11) is 2.16. The minimum Gasteiger partial charge on any atom is -0.347 e. The molecule has 1 unspecified atom stereocenters. The summed E-state index contributed by atoms with van der Waals surface area (Å²) in [5, 5.41) is 5.38. The standard InChI is InChI=1S/C18H30N6S/c1-14(2)23-9-5-10-24(13-12-23)18(25)21-20-15-7-11-22(3)16-6-4-8-19-17(15)16/h4,8,14,16H,5-7,9-13H2,1-3H3,(H,21,25)/b20-15-. The number of thiocarbonyl (C=S) groups is 1. The molecule has 0 spiro atoms. The average Bonchev–Trinajstić information content (AvgIpc) is 2.87. The summed E-state index contributed by atoms with van der Waals surface area (Å²) in [6, 6.07) is 0.945. The summed E-state index contributed by atoms with van der Waals surface area (Å²) in [5.74, 6) is 0. The van der Waals surface area contributed by atoms with Gasteiger partial charge in [0.25, 0.3) is 0 Å². The Morgan fingerprint density at radius 2 is 2.12 bits per heavy atom. The molecule has 138 valence electrons. The lowest BCUT2D eigenvalue weighted by atomic mass is 9.94. The molecule has 7 heteroatoms. The van der Waals surface area contributed by atoms with Crippen molar-refractivity contribution in [2.75, 3.05) is 39.8 Å². The van der Waals surface area contributed by atoms with E-state index in [-0.39, 0.29) is 0 Å². The van der Waals surface area contributed by atoms with Crippen molar-refractivity contribution in [3.05, 3.63) is 12.3 Å². The number of aliphatic imine (C=N–C) groups is 1. The van der Waals surface area contributed by atoms with Crippen LogP contribution in [0.25, 0.3) is 0 Å². The van der Waals surface area contributed by atoms with E-state index in [1.165, 1.54) is 0 Å². The molecule has 2 saturated heterocycles. The summed E-state index contributed by atoms with van der Waals surface area (Å²) < 4.78 is 0. The van der Waals surface area contributed by atoms with Gasteiger partial charge in [0.05, 0.1) is 17.5 Å². The third-order valence-corrected chi connectivity index (χ3v) is 5.71. The van der Waals surface area contributed by atoms with Crippen LogP contribution in [0.15, 0.2) is 22.4 Å². The Kier molecular flexibility index (Phi) is 6.19. The third-order valence-electron chi connectivity index (χ3n) is 5.36. The van der Waals surface area contributed by atoms with E-state index in [0.717, 1.165) is 68.5 Å². The first kappa shape index (κ1) is 18.5. The van der Waals surface area contributed by atoms with Crippen molar-refractivity contribution < 1.29 is 0 Å². The number of fused-ring (bicyclic) bond motifs is 1. The molecule has 1 N–H and O–H groups in total. The van der Waals surface area contributed by atoms with Crippen LogP contribution in [-0.2, 0) is 0 Å². The second kappa shape index (κ2) is 8.38. The summed E-state index contributed by atoms with van der Waals surface area (Å²) in [6.45, 7) is 9.68. The maximum Gasteiger partial charge on any atom is 0.189 e. The van der Waals surface area contributed by atoms with E-state index >= 15 is 0 Å². The Bertz CT molecular complexity index is 582. The zero-order valence-corrected chi connectivity index (χ0v) is 16.4. The van der Waals surface area contributed by atoms with Gasteiger partial charge < -0.3 is 4.90 Å². The molecular weight excluding hydrogens is 332 g/mol. The molecule has 0 saturated carbocycles. The van der Waals surface area contributed by atoms with Gasteiger partial charge in [-0.3, -0.25) is 20.2 Å². The zero-order chi connectivity index (χ0) is 17.8. The van der Waals surface area contributed by atoms with Crippen LogP contribution in [0.4, 0.5) is 0 Å². The van der Waals surface area contributed by atoms with Crippen LogP contribution in [0.2, 0.25) is 0 Å². The van der Waals surface area contributed by atoms with Crippen molar-refractivity contribution >= 4 is 28.8 Å². The van der Waals surface area contributed by atoms with Gasteiger partial charge in [-0.05, 0) is 46.0 Å². The highest BCUT2D eigenvalue weighted by Crippen LogP contribution is 2.18. The Labute approximate surface area is 156 Å². The zero-order valence-electron chi connectivity index (χ0n) is 15.6. The first-order chi connectivity index (χ1) is 12.1. The van der Waals surface area contributed by atoms with E-state index in [1.54, 1.807) is 0 Å². The van der Waals surface area contributed by atoms with Crippen molar-refractivity contribution in [1.82, 2.24) is 20.1 Å². The first-order valence-electron chi connectivity index (χ1n) is 9.35. The normalized spacial score (nSPS) is 27.2. The van der Waals surface area contributed by atoms with Gasteiger partial charge in [0.2, 0.25) is 0 Å². The van der Waals surface area contributed by atoms with Crippen molar-refractivity contribution in [2.45, 2.75) is 45.2 Å². The predicted molar refractivity (Wildman–Crippen MR) is 108 cm³/mol. The fourth-order valence-electron chi connectivity index (χ4n) is 3.70. The monoisotopic (exact) mass is 362 g/mol. The molecule has 3 aliphatic rings. The number of hydrazone groups is 1. The molecular formula is C18H30N6S. The van der Waals surface area contributed by atoms with Crippen molar-refractivity contribution in [1.29, 1.82) is 0 Å². The van der Waals surface area contributed by atoms with Gasteiger partial charge in [-0.2, -0.15) is 5.10 Å². The van der Waals surface area contributed by atoms with Crippen LogP contribution in [0.1, 0.15) is 33.1 Å². The molecule has 0 aromatic rings. The Balaban J connectivity index is 1.60.